The van der Waals surface area contributed by atoms with Crippen molar-refractivity contribution in [2.75, 3.05) is 7.11 Å². The molecule has 0 aliphatic carbocycles. The summed E-state index contributed by atoms with van der Waals surface area (Å²) in [7, 11) is 1.76. The van der Waals surface area contributed by atoms with Gasteiger partial charge in [0, 0.05) is 19.2 Å². The molecule has 2 fully saturated rings. The number of hydrogen-bond acceptors (Lipinski definition) is 3. The van der Waals surface area contributed by atoms with Crippen LogP contribution in [0.15, 0.2) is 12.1 Å². The van der Waals surface area contributed by atoms with Crippen molar-refractivity contribution in [2.45, 2.75) is 43.9 Å². The second-order valence-electron chi connectivity index (χ2n) is 5.03. The van der Waals surface area contributed by atoms with Crippen LogP contribution in [-0.4, -0.2) is 36.1 Å². The molecule has 0 radical (unpaired) electrons. The van der Waals surface area contributed by atoms with E-state index >= 15 is 0 Å². The van der Waals surface area contributed by atoms with E-state index in [9.17, 15) is 4.79 Å². The summed E-state index contributed by atoms with van der Waals surface area (Å²) in [5, 5.41) is 0. The van der Waals surface area contributed by atoms with Gasteiger partial charge in [-0.15, -0.1) is 11.3 Å². The summed E-state index contributed by atoms with van der Waals surface area (Å²) < 4.78 is 6.13. The lowest BCUT2D eigenvalue weighted by Crippen LogP contribution is -2.48. The number of hydrogen-bond donors (Lipinski definition) is 0. The number of ether oxygens (including phenoxy) is 1. The fourth-order valence-corrected chi connectivity index (χ4v) is 4.19. The van der Waals surface area contributed by atoms with Gasteiger partial charge in [-0.2, -0.15) is 0 Å². The molecular formula is C13H16ClNO2S. The Morgan fingerprint density at radius 2 is 2.06 bits per heavy atom. The van der Waals surface area contributed by atoms with Gasteiger partial charge in [0.1, 0.15) is 0 Å². The predicted molar refractivity (Wildman–Crippen MR) is 72.3 cm³/mol. The summed E-state index contributed by atoms with van der Waals surface area (Å²) in [4.78, 5) is 15.3. The van der Waals surface area contributed by atoms with E-state index in [2.05, 4.69) is 4.90 Å². The molecule has 2 saturated heterocycles. The Kier molecular flexibility index (Phi) is 3.34. The standard InChI is InChI=1S/C13H16ClNO2S/c1-17-10-6-8-2-3-9(7-10)15(8)13(16)11-4-5-12(14)18-11/h4-5,8-10H,2-3,6-7H2,1H3. The van der Waals surface area contributed by atoms with Crippen molar-refractivity contribution in [3.05, 3.63) is 21.3 Å². The molecule has 2 aliphatic heterocycles. The molecule has 2 unspecified atom stereocenters. The van der Waals surface area contributed by atoms with Crippen molar-refractivity contribution in [3.8, 4) is 0 Å². The van der Waals surface area contributed by atoms with E-state index in [0.29, 0.717) is 22.5 Å². The molecule has 1 aromatic heterocycles. The Morgan fingerprint density at radius 3 is 2.56 bits per heavy atom. The highest BCUT2D eigenvalue weighted by atomic mass is 35.5. The molecule has 18 heavy (non-hydrogen) atoms. The van der Waals surface area contributed by atoms with Gasteiger partial charge >= 0.3 is 0 Å². The zero-order valence-corrected chi connectivity index (χ0v) is 11.8. The van der Waals surface area contributed by atoms with Crippen LogP contribution in [-0.2, 0) is 4.74 Å². The lowest BCUT2D eigenvalue weighted by Gasteiger charge is -2.38. The van der Waals surface area contributed by atoms with Crippen LogP contribution in [0, 0.1) is 0 Å². The Balaban J connectivity index is 1.80. The number of nitrogens with zero attached hydrogens (tertiary/aromatic N) is 1. The molecule has 0 aromatic carbocycles. The van der Waals surface area contributed by atoms with E-state index in [1.54, 1.807) is 13.2 Å². The lowest BCUT2D eigenvalue weighted by atomic mass is 9.99. The largest absolute Gasteiger partial charge is 0.381 e. The summed E-state index contributed by atoms with van der Waals surface area (Å²) in [6.07, 6.45) is 4.47. The van der Waals surface area contributed by atoms with Gasteiger partial charge < -0.3 is 9.64 Å². The van der Waals surface area contributed by atoms with Gasteiger partial charge in [0.25, 0.3) is 5.91 Å². The minimum absolute atomic E-state index is 0.147. The predicted octanol–water partition coefficient (Wildman–Crippen LogP) is 3.18. The van der Waals surface area contributed by atoms with Gasteiger partial charge in [-0.05, 0) is 37.8 Å². The summed E-state index contributed by atoms with van der Waals surface area (Å²) >= 11 is 7.28. The normalized spacial score (nSPS) is 30.8. The number of halogens is 1. The van der Waals surface area contributed by atoms with Crippen molar-refractivity contribution in [3.63, 3.8) is 0 Å². The van der Waals surface area contributed by atoms with E-state index in [0.717, 1.165) is 30.6 Å². The van der Waals surface area contributed by atoms with Crippen molar-refractivity contribution in [2.24, 2.45) is 0 Å². The van der Waals surface area contributed by atoms with Gasteiger partial charge in [-0.25, -0.2) is 0 Å². The number of carbonyl (C=O) groups is 1. The van der Waals surface area contributed by atoms with Crippen LogP contribution in [0.1, 0.15) is 35.4 Å². The quantitative estimate of drug-likeness (QED) is 0.835. The van der Waals surface area contributed by atoms with Crippen LogP contribution >= 0.6 is 22.9 Å². The van der Waals surface area contributed by atoms with Gasteiger partial charge in [0.2, 0.25) is 0 Å². The zero-order chi connectivity index (χ0) is 12.7. The number of methoxy groups -OCH3 is 1. The zero-order valence-electron chi connectivity index (χ0n) is 10.3. The summed E-state index contributed by atoms with van der Waals surface area (Å²) in [5.74, 6) is 0.147. The highest BCUT2D eigenvalue weighted by Crippen LogP contribution is 2.38. The van der Waals surface area contributed by atoms with Crippen molar-refractivity contribution in [1.29, 1.82) is 0 Å². The molecule has 3 nitrogen and oxygen atoms in total. The molecule has 1 amide bonds. The average molecular weight is 286 g/mol. The Bertz CT molecular complexity index is 448. The molecule has 5 heteroatoms. The fraction of sp³-hybridized carbons (Fsp3) is 0.615. The number of fused-ring (bicyclic) bond motifs is 2. The summed E-state index contributed by atoms with van der Waals surface area (Å²) in [6.45, 7) is 0. The topological polar surface area (TPSA) is 29.5 Å². The summed E-state index contributed by atoms with van der Waals surface area (Å²) in [6, 6.07) is 4.32. The third kappa shape index (κ3) is 2.06. The van der Waals surface area contributed by atoms with Crippen molar-refractivity contribution >= 4 is 28.8 Å². The van der Waals surface area contributed by atoms with Crippen LogP contribution in [0.2, 0.25) is 4.34 Å². The molecule has 3 heterocycles. The second-order valence-corrected chi connectivity index (χ2v) is 6.75. The number of thiophene rings is 1. The number of amides is 1. The SMILES string of the molecule is COC1CC2CCC(C1)N2C(=O)c1ccc(Cl)s1. The maximum absolute atomic E-state index is 12.5. The average Bonchev–Trinajstić information content (AvgIpc) is 2.90. The Morgan fingerprint density at radius 1 is 1.39 bits per heavy atom. The number of carbonyl (C=O) groups excluding carboxylic acids is 1. The van der Waals surface area contributed by atoms with Crippen LogP contribution in [0.5, 0.6) is 0 Å². The molecule has 2 atom stereocenters. The maximum atomic E-state index is 12.5. The van der Waals surface area contributed by atoms with Crippen LogP contribution in [0.3, 0.4) is 0 Å². The first-order chi connectivity index (χ1) is 8.69. The fourth-order valence-electron chi connectivity index (χ4n) is 3.21. The lowest BCUT2D eigenvalue weighted by molar-refractivity contribution is 0.00847. The first kappa shape index (κ1) is 12.5. The smallest absolute Gasteiger partial charge is 0.264 e. The monoisotopic (exact) mass is 285 g/mol. The van der Waals surface area contributed by atoms with E-state index in [4.69, 9.17) is 16.3 Å². The molecule has 3 rings (SSSR count). The van der Waals surface area contributed by atoms with E-state index in [1.807, 2.05) is 6.07 Å². The minimum atomic E-state index is 0.147. The summed E-state index contributed by atoms with van der Waals surface area (Å²) in [5.41, 5.74) is 0. The maximum Gasteiger partial charge on any atom is 0.264 e. The Hall–Kier alpha value is -0.580. The van der Waals surface area contributed by atoms with E-state index in [1.165, 1.54) is 11.3 Å². The van der Waals surface area contributed by atoms with E-state index < -0.39 is 0 Å². The molecule has 0 N–H and O–H groups in total. The van der Waals surface area contributed by atoms with Crippen molar-refractivity contribution < 1.29 is 9.53 Å². The first-order valence-electron chi connectivity index (χ1n) is 6.30. The highest BCUT2D eigenvalue weighted by Gasteiger charge is 2.43. The van der Waals surface area contributed by atoms with Crippen LogP contribution < -0.4 is 0 Å². The second kappa shape index (κ2) is 4.83. The Labute approximate surface area is 116 Å². The van der Waals surface area contributed by atoms with Gasteiger partial charge in [0.15, 0.2) is 0 Å². The number of rotatable bonds is 2. The highest BCUT2D eigenvalue weighted by molar-refractivity contribution is 7.17. The number of piperidine rings is 1. The van der Waals surface area contributed by atoms with Crippen LogP contribution in [0.4, 0.5) is 0 Å². The third-order valence-electron chi connectivity index (χ3n) is 4.04. The molecular weight excluding hydrogens is 270 g/mol. The molecule has 0 saturated carbocycles. The van der Waals surface area contributed by atoms with Crippen molar-refractivity contribution in [1.82, 2.24) is 4.90 Å². The van der Waals surface area contributed by atoms with Gasteiger partial charge in [-0.3, -0.25) is 4.79 Å². The molecule has 1 aromatic rings. The van der Waals surface area contributed by atoms with Gasteiger partial charge in [-0.1, -0.05) is 11.6 Å². The molecule has 2 aliphatic rings. The minimum Gasteiger partial charge on any atom is -0.381 e. The molecule has 98 valence electrons. The molecule has 2 bridgehead atoms. The third-order valence-corrected chi connectivity index (χ3v) is 5.26. The van der Waals surface area contributed by atoms with E-state index in [-0.39, 0.29) is 5.91 Å². The first-order valence-corrected chi connectivity index (χ1v) is 7.49. The van der Waals surface area contributed by atoms with Gasteiger partial charge in [0.05, 0.1) is 15.3 Å². The van der Waals surface area contributed by atoms with Crippen LogP contribution in [0.25, 0.3) is 0 Å². The molecule has 0 spiro atoms.